The summed E-state index contributed by atoms with van der Waals surface area (Å²) in [5, 5.41) is 2.90. The Hall–Kier alpha value is -2.82. The van der Waals surface area contributed by atoms with E-state index in [2.05, 4.69) is 5.32 Å². The monoisotopic (exact) mass is 321 g/mol. The molecule has 0 bridgehead atoms. The molecule has 0 saturated carbocycles. The summed E-state index contributed by atoms with van der Waals surface area (Å²) >= 11 is 0. The molecule has 2 aliphatic heterocycles. The number of hydrogen-bond donors (Lipinski definition) is 1. The number of urea groups is 1. The molecule has 1 fully saturated rings. The highest BCUT2D eigenvalue weighted by Crippen LogP contribution is 2.46. The van der Waals surface area contributed by atoms with Crippen molar-refractivity contribution < 1.29 is 9.59 Å². The minimum absolute atomic E-state index is 0.0821. The maximum absolute atomic E-state index is 12.9. The van der Waals surface area contributed by atoms with E-state index in [9.17, 15) is 9.59 Å². The number of carbonyl (C=O) groups is 2. The number of likely N-dealkylation sites (N-methyl/N-ethyl adjacent to an activating group) is 1. The lowest BCUT2D eigenvalue weighted by Crippen LogP contribution is -2.42. The molecular formula is C19H19N3O2. The molecule has 2 aliphatic rings. The number of benzene rings is 2. The molecule has 3 amide bonds. The van der Waals surface area contributed by atoms with Crippen molar-refractivity contribution in [2.45, 2.75) is 11.8 Å². The summed E-state index contributed by atoms with van der Waals surface area (Å²) in [4.78, 5) is 28.9. The number of amides is 3. The summed E-state index contributed by atoms with van der Waals surface area (Å²) in [6, 6.07) is 17.1. The van der Waals surface area contributed by atoms with Gasteiger partial charge in [0.15, 0.2) is 0 Å². The van der Waals surface area contributed by atoms with E-state index >= 15 is 0 Å². The van der Waals surface area contributed by atoms with Crippen LogP contribution in [-0.4, -0.2) is 37.0 Å². The third-order valence-electron chi connectivity index (χ3n) is 5.08. The number of para-hydroxylation sites is 2. The van der Waals surface area contributed by atoms with Gasteiger partial charge in [0, 0.05) is 31.5 Å². The highest BCUT2D eigenvalue weighted by atomic mass is 16.2. The number of fused-ring (bicyclic) bond motifs is 2. The normalized spacial score (nSPS) is 22.1. The summed E-state index contributed by atoms with van der Waals surface area (Å²) in [5.74, 6) is 0.0821. The minimum Gasteiger partial charge on any atom is -0.323 e. The Balaban J connectivity index is 1.58. The van der Waals surface area contributed by atoms with Crippen LogP contribution in [0.25, 0.3) is 0 Å². The molecule has 2 aromatic rings. The van der Waals surface area contributed by atoms with Crippen LogP contribution in [0.15, 0.2) is 54.6 Å². The number of nitrogens with zero attached hydrogens (tertiary/aromatic N) is 2. The molecule has 24 heavy (non-hydrogen) atoms. The van der Waals surface area contributed by atoms with Gasteiger partial charge in [-0.15, -0.1) is 0 Å². The Morgan fingerprint density at radius 1 is 1.08 bits per heavy atom. The number of likely N-dealkylation sites (tertiary alicyclic amines) is 1. The molecule has 1 saturated heterocycles. The number of nitrogens with one attached hydrogen (secondary N) is 1. The maximum atomic E-state index is 12.9. The van der Waals surface area contributed by atoms with E-state index in [1.807, 2.05) is 61.6 Å². The van der Waals surface area contributed by atoms with Crippen molar-refractivity contribution in [2.24, 2.45) is 0 Å². The molecular weight excluding hydrogens is 302 g/mol. The van der Waals surface area contributed by atoms with Crippen LogP contribution >= 0.6 is 0 Å². The van der Waals surface area contributed by atoms with Crippen molar-refractivity contribution in [3.63, 3.8) is 0 Å². The zero-order valence-corrected chi connectivity index (χ0v) is 13.5. The van der Waals surface area contributed by atoms with Gasteiger partial charge >= 0.3 is 6.03 Å². The molecule has 4 rings (SSSR count). The van der Waals surface area contributed by atoms with Gasteiger partial charge in [0.05, 0.1) is 5.41 Å². The first-order chi connectivity index (χ1) is 11.6. The van der Waals surface area contributed by atoms with Gasteiger partial charge in [0.1, 0.15) is 0 Å². The van der Waals surface area contributed by atoms with Crippen molar-refractivity contribution in [1.82, 2.24) is 4.90 Å². The first-order valence-electron chi connectivity index (χ1n) is 8.10. The number of carbonyl (C=O) groups excluding carboxylic acids is 2. The van der Waals surface area contributed by atoms with Crippen LogP contribution in [0, 0.1) is 0 Å². The van der Waals surface area contributed by atoms with Crippen LogP contribution in [-0.2, 0) is 10.2 Å². The third-order valence-corrected chi connectivity index (χ3v) is 5.08. The average Bonchev–Trinajstić information content (AvgIpc) is 3.15. The van der Waals surface area contributed by atoms with E-state index in [0.717, 1.165) is 16.9 Å². The van der Waals surface area contributed by atoms with Gasteiger partial charge in [-0.3, -0.25) is 4.79 Å². The summed E-state index contributed by atoms with van der Waals surface area (Å²) in [5.41, 5.74) is 2.15. The largest absolute Gasteiger partial charge is 0.323 e. The lowest BCUT2D eigenvalue weighted by molar-refractivity contribution is -0.122. The molecule has 1 atom stereocenters. The van der Waals surface area contributed by atoms with E-state index in [4.69, 9.17) is 0 Å². The fourth-order valence-electron chi connectivity index (χ4n) is 3.82. The smallest absolute Gasteiger partial charge is 0.321 e. The molecule has 122 valence electrons. The molecule has 1 N–H and O–H groups in total. The fourth-order valence-corrected chi connectivity index (χ4v) is 3.82. The van der Waals surface area contributed by atoms with E-state index in [1.54, 1.807) is 9.80 Å². The molecule has 2 aromatic carbocycles. The Kier molecular flexibility index (Phi) is 3.30. The van der Waals surface area contributed by atoms with Gasteiger partial charge in [-0.05, 0) is 30.2 Å². The predicted octanol–water partition coefficient (Wildman–Crippen LogP) is 2.84. The molecule has 5 heteroatoms. The van der Waals surface area contributed by atoms with Gasteiger partial charge in [0.2, 0.25) is 5.91 Å². The fraction of sp³-hybridized carbons (Fsp3) is 0.263. The highest BCUT2D eigenvalue weighted by Gasteiger charge is 2.54. The third kappa shape index (κ3) is 2.08. The van der Waals surface area contributed by atoms with Crippen molar-refractivity contribution in [1.29, 1.82) is 0 Å². The Bertz CT molecular complexity index is 805. The average molecular weight is 321 g/mol. The van der Waals surface area contributed by atoms with Gasteiger partial charge in [-0.1, -0.05) is 36.4 Å². The van der Waals surface area contributed by atoms with E-state index in [0.29, 0.717) is 19.5 Å². The molecule has 5 nitrogen and oxygen atoms in total. The lowest BCUT2D eigenvalue weighted by atomic mass is 9.81. The Morgan fingerprint density at radius 2 is 1.79 bits per heavy atom. The zero-order chi connectivity index (χ0) is 16.7. The number of anilines is 2. The summed E-state index contributed by atoms with van der Waals surface area (Å²) in [7, 11) is 1.81. The maximum Gasteiger partial charge on any atom is 0.321 e. The van der Waals surface area contributed by atoms with Crippen molar-refractivity contribution in [2.75, 3.05) is 30.4 Å². The highest BCUT2D eigenvalue weighted by molar-refractivity contribution is 6.08. The number of rotatable bonds is 1. The second kappa shape index (κ2) is 5.37. The Morgan fingerprint density at radius 3 is 2.58 bits per heavy atom. The minimum atomic E-state index is -0.598. The van der Waals surface area contributed by atoms with E-state index in [1.165, 1.54) is 0 Å². The van der Waals surface area contributed by atoms with E-state index < -0.39 is 5.41 Å². The first kappa shape index (κ1) is 14.8. The molecule has 0 aromatic heterocycles. The second-order valence-electron chi connectivity index (χ2n) is 6.43. The van der Waals surface area contributed by atoms with Gasteiger partial charge < -0.3 is 15.1 Å². The second-order valence-corrected chi connectivity index (χ2v) is 6.43. The van der Waals surface area contributed by atoms with Crippen LogP contribution in [0.3, 0.4) is 0 Å². The van der Waals surface area contributed by atoms with Crippen molar-refractivity contribution in [3.8, 4) is 0 Å². The van der Waals surface area contributed by atoms with Crippen molar-refractivity contribution >= 4 is 23.3 Å². The Labute approximate surface area is 140 Å². The van der Waals surface area contributed by atoms with Crippen molar-refractivity contribution in [3.05, 3.63) is 60.2 Å². The van der Waals surface area contributed by atoms with Gasteiger partial charge in [-0.25, -0.2) is 4.79 Å². The molecule has 1 spiro atoms. The first-order valence-corrected chi connectivity index (χ1v) is 8.10. The molecule has 0 aliphatic carbocycles. The lowest BCUT2D eigenvalue weighted by Gasteiger charge is -2.23. The van der Waals surface area contributed by atoms with Crippen LogP contribution in [0.2, 0.25) is 0 Å². The summed E-state index contributed by atoms with van der Waals surface area (Å²) in [6.45, 7) is 0.998. The van der Waals surface area contributed by atoms with E-state index in [-0.39, 0.29) is 11.9 Å². The molecule has 0 radical (unpaired) electrons. The SMILES string of the molecule is CN1C(=O)C2(CCN(C(=O)Nc3ccccc3)C2)c2ccccc21. The van der Waals surface area contributed by atoms with Crippen LogP contribution < -0.4 is 10.2 Å². The van der Waals surface area contributed by atoms with Gasteiger partial charge in [-0.2, -0.15) is 0 Å². The summed E-state index contributed by atoms with van der Waals surface area (Å²) < 4.78 is 0. The molecule has 2 heterocycles. The predicted molar refractivity (Wildman–Crippen MR) is 93.2 cm³/mol. The molecule has 1 unspecified atom stereocenters. The standard InChI is InChI=1S/C19H19N3O2/c1-21-16-10-6-5-9-15(16)19(17(21)23)11-12-22(13-19)18(24)20-14-7-3-2-4-8-14/h2-10H,11-13H2,1H3,(H,20,24). The quantitative estimate of drug-likeness (QED) is 0.878. The van der Waals surface area contributed by atoms with Gasteiger partial charge in [0.25, 0.3) is 0 Å². The number of hydrogen-bond acceptors (Lipinski definition) is 2. The van der Waals surface area contributed by atoms with Crippen LogP contribution in [0.5, 0.6) is 0 Å². The zero-order valence-electron chi connectivity index (χ0n) is 13.5. The van der Waals surface area contributed by atoms with Crippen LogP contribution in [0.1, 0.15) is 12.0 Å². The topological polar surface area (TPSA) is 52.7 Å². The summed E-state index contributed by atoms with van der Waals surface area (Å²) in [6.07, 6.45) is 0.662. The van der Waals surface area contributed by atoms with Crippen LogP contribution in [0.4, 0.5) is 16.2 Å².